The fourth-order valence-corrected chi connectivity index (χ4v) is 3.75. The summed E-state index contributed by atoms with van der Waals surface area (Å²) in [6.45, 7) is 2.34. The van der Waals surface area contributed by atoms with E-state index in [1.807, 2.05) is 4.90 Å². The van der Waals surface area contributed by atoms with Crippen molar-refractivity contribution in [2.45, 2.75) is 6.54 Å². The second-order valence-electron chi connectivity index (χ2n) is 8.00. The van der Waals surface area contributed by atoms with E-state index in [2.05, 4.69) is 40.2 Å². The number of anilines is 3. The second-order valence-corrected chi connectivity index (χ2v) is 8.00. The number of halogens is 2. The highest BCUT2D eigenvalue weighted by molar-refractivity contribution is 6.03. The second kappa shape index (κ2) is 10.4. The molecule has 0 bridgehead atoms. The average Bonchev–Trinajstić information content (AvgIpc) is 3.39. The van der Waals surface area contributed by atoms with Gasteiger partial charge in [-0.05, 0) is 12.1 Å². The molecule has 1 amide bonds. The maximum absolute atomic E-state index is 13.0. The molecule has 1 aliphatic heterocycles. The quantitative estimate of drug-likeness (QED) is 0.414. The van der Waals surface area contributed by atoms with Gasteiger partial charge in [0.2, 0.25) is 5.95 Å². The van der Waals surface area contributed by atoms with Crippen LogP contribution in [0, 0.1) is 5.82 Å². The molecule has 0 aliphatic carbocycles. The van der Waals surface area contributed by atoms with E-state index in [0.29, 0.717) is 55.0 Å². The molecule has 1 saturated heterocycles. The summed E-state index contributed by atoms with van der Waals surface area (Å²) in [7, 11) is 0. The van der Waals surface area contributed by atoms with Gasteiger partial charge in [-0.15, -0.1) is 0 Å². The van der Waals surface area contributed by atoms with Crippen LogP contribution in [0.15, 0.2) is 55.5 Å². The molecule has 1 aliphatic rings. The highest BCUT2D eigenvalue weighted by Gasteiger charge is 2.20. The fourth-order valence-electron chi connectivity index (χ4n) is 3.75. The molecule has 11 nitrogen and oxygen atoms in total. The van der Waals surface area contributed by atoms with Gasteiger partial charge >= 0.3 is 0 Å². The van der Waals surface area contributed by atoms with Crippen LogP contribution in [0.4, 0.5) is 26.4 Å². The van der Waals surface area contributed by atoms with Crippen molar-refractivity contribution in [3.8, 4) is 11.3 Å². The Morgan fingerprint density at radius 2 is 1.67 bits per heavy atom. The van der Waals surface area contributed by atoms with Crippen LogP contribution >= 0.6 is 0 Å². The van der Waals surface area contributed by atoms with E-state index >= 15 is 0 Å². The fraction of sp³-hybridized carbons (Fsp3) is 0.261. The molecule has 5 heterocycles. The number of rotatable bonds is 7. The zero-order valence-corrected chi connectivity index (χ0v) is 19.1. The van der Waals surface area contributed by atoms with Crippen LogP contribution in [0.1, 0.15) is 10.4 Å². The summed E-state index contributed by atoms with van der Waals surface area (Å²) >= 11 is 0. The smallest absolute Gasteiger partial charge is 0.258 e. The van der Waals surface area contributed by atoms with Gasteiger partial charge in [-0.1, -0.05) is 0 Å². The molecule has 36 heavy (non-hydrogen) atoms. The zero-order valence-electron chi connectivity index (χ0n) is 19.1. The van der Waals surface area contributed by atoms with Crippen LogP contribution in [-0.4, -0.2) is 73.5 Å². The monoisotopic (exact) mass is 492 g/mol. The molecule has 0 aromatic carbocycles. The van der Waals surface area contributed by atoms with Crippen LogP contribution in [0.2, 0.25) is 0 Å². The van der Waals surface area contributed by atoms with Gasteiger partial charge in [0.1, 0.15) is 12.5 Å². The molecular weight excluding hydrogens is 470 g/mol. The third kappa shape index (κ3) is 5.24. The van der Waals surface area contributed by atoms with Crippen LogP contribution in [0.5, 0.6) is 0 Å². The summed E-state index contributed by atoms with van der Waals surface area (Å²) in [5, 5.41) is 6.79. The van der Waals surface area contributed by atoms with Crippen LogP contribution < -0.4 is 15.1 Å². The first-order valence-electron chi connectivity index (χ1n) is 11.2. The summed E-state index contributed by atoms with van der Waals surface area (Å²) in [6, 6.07) is 3.35. The number of aromatic nitrogens is 7. The van der Waals surface area contributed by atoms with E-state index < -0.39 is 12.5 Å². The van der Waals surface area contributed by atoms with Crippen molar-refractivity contribution in [2.75, 3.05) is 48.0 Å². The Morgan fingerprint density at radius 3 is 2.33 bits per heavy atom. The predicted octanol–water partition coefficient (Wildman–Crippen LogP) is 2.21. The minimum atomic E-state index is -0.499. The number of hydrogen-bond donors (Lipinski definition) is 1. The van der Waals surface area contributed by atoms with Gasteiger partial charge in [-0.25, -0.2) is 28.7 Å². The number of nitrogens with zero attached hydrogens (tertiary/aromatic N) is 9. The highest BCUT2D eigenvalue weighted by Crippen LogP contribution is 2.18. The molecule has 184 valence electrons. The normalized spacial score (nSPS) is 13.6. The maximum atomic E-state index is 13.0. The van der Waals surface area contributed by atoms with Crippen molar-refractivity contribution in [3.05, 3.63) is 66.9 Å². The third-order valence-electron chi connectivity index (χ3n) is 5.64. The lowest BCUT2D eigenvalue weighted by molar-refractivity contribution is 0.102. The van der Waals surface area contributed by atoms with Gasteiger partial charge in [0, 0.05) is 44.1 Å². The van der Waals surface area contributed by atoms with Crippen LogP contribution in [0.25, 0.3) is 11.3 Å². The number of carbonyl (C=O) groups is 1. The number of piperazine rings is 1. The number of hydrogen-bond acceptors (Lipinski definition) is 9. The predicted molar refractivity (Wildman–Crippen MR) is 128 cm³/mol. The molecule has 1 fully saturated rings. The van der Waals surface area contributed by atoms with Gasteiger partial charge in [0.05, 0.1) is 48.8 Å². The topological polar surface area (TPSA) is 118 Å². The first-order valence-corrected chi connectivity index (χ1v) is 11.2. The highest BCUT2D eigenvalue weighted by atomic mass is 19.1. The largest absolute Gasteiger partial charge is 0.352 e. The van der Waals surface area contributed by atoms with Crippen molar-refractivity contribution in [1.82, 2.24) is 34.7 Å². The van der Waals surface area contributed by atoms with Crippen molar-refractivity contribution in [3.63, 3.8) is 0 Å². The Labute approximate surface area is 204 Å². The molecule has 5 rings (SSSR count). The van der Waals surface area contributed by atoms with Crippen molar-refractivity contribution in [1.29, 1.82) is 0 Å². The molecule has 0 unspecified atom stereocenters. The Hall–Kier alpha value is -4.55. The molecule has 13 heteroatoms. The van der Waals surface area contributed by atoms with Gasteiger partial charge in [-0.2, -0.15) is 5.10 Å². The Bertz CT molecular complexity index is 1300. The van der Waals surface area contributed by atoms with Gasteiger partial charge < -0.3 is 15.1 Å². The van der Waals surface area contributed by atoms with E-state index in [4.69, 9.17) is 0 Å². The number of amides is 1. The number of aryl methyl sites for hydroxylation is 1. The van der Waals surface area contributed by atoms with E-state index in [0.717, 1.165) is 18.0 Å². The molecule has 0 atom stereocenters. The van der Waals surface area contributed by atoms with E-state index in [1.165, 1.54) is 17.1 Å². The lowest BCUT2D eigenvalue weighted by Gasteiger charge is -2.35. The third-order valence-corrected chi connectivity index (χ3v) is 5.64. The first-order chi connectivity index (χ1) is 17.6. The first kappa shape index (κ1) is 23.2. The number of nitrogens with one attached hydrogen (secondary N) is 1. The Kier molecular flexibility index (Phi) is 6.69. The zero-order chi connectivity index (χ0) is 24.9. The minimum Gasteiger partial charge on any atom is -0.352 e. The maximum Gasteiger partial charge on any atom is 0.258 e. The van der Waals surface area contributed by atoms with Gasteiger partial charge in [0.15, 0.2) is 11.6 Å². The van der Waals surface area contributed by atoms with E-state index in [9.17, 15) is 13.6 Å². The Balaban J connectivity index is 1.15. The summed E-state index contributed by atoms with van der Waals surface area (Å²) in [4.78, 5) is 37.7. The number of alkyl halides is 1. The summed E-state index contributed by atoms with van der Waals surface area (Å²) < 4.78 is 27.0. The number of pyridine rings is 1. The van der Waals surface area contributed by atoms with Gasteiger partial charge in [-0.3, -0.25) is 14.5 Å². The molecule has 1 N–H and O–H groups in total. The number of carbonyl (C=O) groups excluding carboxylic acids is 1. The van der Waals surface area contributed by atoms with E-state index in [1.54, 1.807) is 30.7 Å². The summed E-state index contributed by atoms with van der Waals surface area (Å²) in [5.74, 6) is 0.671. The SMILES string of the molecule is O=C(Nc1cnc(N2CCN(c3ncc(F)cn3)CC2)cn1)c1ccc(-c2cnn(CCF)c2)nc1. The molecule has 0 radical (unpaired) electrons. The Morgan fingerprint density at radius 1 is 0.889 bits per heavy atom. The van der Waals surface area contributed by atoms with Crippen LogP contribution in [-0.2, 0) is 6.54 Å². The standard InChI is InChI=1S/C23H22F2N10O/c24-3-4-35-15-17(10-31-35)19-2-1-16(9-26-19)22(36)32-20-13-28-21(14-27-20)33-5-7-34(8-6-33)23-29-11-18(25)12-30-23/h1-2,9-15H,3-8H2,(H,27,32,36). The molecular formula is C23H22F2N10O. The molecule has 0 saturated carbocycles. The van der Waals surface area contributed by atoms with E-state index in [-0.39, 0.29) is 12.5 Å². The summed E-state index contributed by atoms with van der Waals surface area (Å²) in [6.07, 6.45) is 10.2. The van der Waals surface area contributed by atoms with Crippen molar-refractivity contribution >= 4 is 23.5 Å². The average molecular weight is 492 g/mol. The lowest BCUT2D eigenvalue weighted by Crippen LogP contribution is -2.47. The van der Waals surface area contributed by atoms with Crippen molar-refractivity contribution < 1.29 is 13.6 Å². The minimum absolute atomic E-state index is 0.182. The van der Waals surface area contributed by atoms with Crippen LogP contribution in [0.3, 0.4) is 0 Å². The molecule has 0 spiro atoms. The lowest BCUT2D eigenvalue weighted by atomic mass is 10.2. The molecule has 4 aromatic rings. The molecule has 4 aromatic heterocycles. The summed E-state index contributed by atoms with van der Waals surface area (Å²) in [5.41, 5.74) is 1.73. The van der Waals surface area contributed by atoms with Crippen molar-refractivity contribution in [2.24, 2.45) is 0 Å². The van der Waals surface area contributed by atoms with Gasteiger partial charge in [0.25, 0.3) is 5.91 Å².